The Bertz CT molecular complexity index is 505. The molecule has 0 aliphatic rings. The van der Waals surface area contributed by atoms with E-state index in [0.717, 1.165) is 0 Å². The van der Waals surface area contributed by atoms with E-state index in [9.17, 15) is 8.42 Å². The molecule has 5 heteroatoms. The number of benzene rings is 1. The number of hydrogen-bond donors (Lipinski definition) is 1. The lowest BCUT2D eigenvalue weighted by Crippen LogP contribution is -2.32. The minimum absolute atomic E-state index is 0.142. The first-order valence-electron chi connectivity index (χ1n) is 4.67. The van der Waals surface area contributed by atoms with Crippen LogP contribution in [0, 0.1) is 12.3 Å². The lowest BCUT2D eigenvalue weighted by atomic mass is 10.3. The zero-order valence-electron chi connectivity index (χ0n) is 8.77. The predicted octanol–water partition coefficient (Wildman–Crippen LogP) is 2.03. The van der Waals surface area contributed by atoms with Crippen molar-refractivity contribution in [1.82, 2.24) is 4.72 Å². The smallest absolute Gasteiger partial charge is 0.207 e. The highest BCUT2D eigenvalue weighted by molar-refractivity contribution is 7.89. The van der Waals surface area contributed by atoms with E-state index in [0.29, 0.717) is 11.4 Å². The first kappa shape index (κ1) is 13.0. The van der Waals surface area contributed by atoms with Crippen LogP contribution < -0.4 is 4.72 Å². The first-order valence-corrected chi connectivity index (χ1v) is 6.53. The maximum absolute atomic E-state index is 11.8. The van der Waals surface area contributed by atoms with E-state index < -0.39 is 10.0 Å². The maximum Gasteiger partial charge on any atom is 0.240 e. The fourth-order valence-electron chi connectivity index (χ4n) is 1.19. The van der Waals surface area contributed by atoms with E-state index in [-0.39, 0.29) is 10.9 Å². The molecule has 1 atom stereocenters. The summed E-state index contributed by atoms with van der Waals surface area (Å²) in [5.41, 5.74) is 0. The van der Waals surface area contributed by atoms with Crippen molar-refractivity contribution in [1.29, 1.82) is 0 Å². The van der Waals surface area contributed by atoms with Gasteiger partial charge in [0.05, 0.1) is 4.90 Å². The second-order valence-electron chi connectivity index (χ2n) is 3.39. The van der Waals surface area contributed by atoms with Gasteiger partial charge in [-0.15, -0.1) is 12.3 Å². The molecule has 86 valence electrons. The number of sulfonamides is 1. The van der Waals surface area contributed by atoms with Crippen LogP contribution in [-0.4, -0.2) is 14.5 Å². The van der Waals surface area contributed by atoms with Crippen molar-refractivity contribution in [3.05, 3.63) is 29.3 Å². The Hall–Kier alpha value is -1.02. The van der Waals surface area contributed by atoms with Gasteiger partial charge in [0.15, 0.2) is 0 Å². The summed E-state index contributed by atoms with van der Waals surface area (Å²) in [6.45, 7) is 1.71. The molecule has 0 radical (unpaired) electrons. The highest BCUT2D eigenvalue weighted by Crippen LogP contribution is 2.15. The third kappa shape index (κ3) is 3.53. The molecular formula is C11H12ClNO2S. The highest BCUT2D eigenvalue weighted by Gasteiger charge is 2.16. The van der Waals surface area contributed by atoms with Crippen molar-refractivity contribution < 1.29 is 8.42 Å². The van der Waals surface area contributed by atoms with Crippen LogP contribution in [0.25, 0.3) is 0 Å². The van der Waals surface area contributed by atoms with Crippen molar-refractivity contribution in [2.75, 3.05) is 0 Å². The molecule has 0 aliphatic carbocycles. The summed E-state index contributed by atoms with van der Waals surface area (Å²) < 4.78 is 26.1. The van der Waals surface area contributed by atoms with Crippen molar-refractivity contribution in [2.24, 2.45) is 0 Å². The largest absolute Gasteiger partial charge is 0.240 e. The van der Waals surface area contributed by atoms with Crippen LogP contribution in [0.3, 0.4) is 0 Å². The minimum Gasteiger partial charge on any atom is -0.207 e. The number of halogens is 1. The standard InChI is InChI=1S/C11H12ClNO2S/c1-3-5-9(2)13-16(14,15)11-7-4-6-10(12)8-11/h1,4,6-9,13H,5H2,2H3. The van der Waals surface area contributed by atoms with E-state index in [1.54, 1.807) is 19.1 Å². The molecule has 0 spiro atoms. The molecule has 0 aliphatic heterocycles. The topological polar surface area (TPSA) is 46.2 Å². The van der Waals surface area contributed by atoms with Crippen LogP contribution in [0.5, 0.6) is 0 Å². The number of rotatable bonds is 4. The zero-order valence-corrected chi connectivity index (χ0v) is 10.3. The predicted molar refractivity (Wildman–Crippen MR) is 64.7 cm³/mol. The van der Waals surface area contributed by atoms with Gasteiger partial charge >= 0.3 is 0 Å². The van der Waals surface area contributed by atoms with Crippen LogP contribution in [0.15, 0.2) is 29.2 Å². The summed E-state index contributed by atoms with van der Waals surface area (Å²) >= 11 is 5.72. The summed E-state index contributed by atoms with van der Waals surface area (Å²) in [6.07, 6.45) is 5.45. The number of nitrogens with one attached hydrogen (secondary N) is 1. The molecule has 0 heterocycles. The molecule has 1 aromatic carbocycles. The Morgan fingerprint density at radius 2 is 2.25 bits per heavy atom. The Balaban J connectivity index is 2.91. The molecule has 0 saturated carbocycles. The van der Waals surface area contributed by atoms with Gasteiger partial charge in [0.2, 0.25) is 10.0 Å². The van der Waals surface area contributed by atoms with E-state index in [1.165, 1.54) is 12.1 Å². The van der Waals surface area contributed by atoms with Crippen LogP contribution in [0.4, 0.5) is 0 Å². The van der Waals surface area contributed by atoms with Gasteiger partial charge in [-0.05, 0) is 25.1 Å². The average Bonchev–Trinajstić information content (AvgIpc) is 2.17. The van der Waals surface area contributed by atoms with Gasteiger partial charge in [0, 0.05) is 17.5 Å². The molecule has 3 nitrogen and oxygen atoms in total. The lowest BCUT2D eigenvalue weighted by Gasteiger charge is -2.11. The van der Waals surface area contributed by atoms with Gasteiger partial charge < -0.3 is 0 Å². The summed E-state index contributed by atoms with van der Waals surface area (Å²) in [7, 11) is -3.53. The maximum atomic E-state index is 11.8. The van der Waals surface area contributed by atoms with Crippen molar-refractivity contribution in [2.45, 2.75) is 24.3 Å². The summed E-state index contributed by atoms with van der Waals surface area (Å²) in [4.78, 5) is 0.142. The SMILES string of the molecule is C#CCC(C)NS(=O)(=O)c1cccc(Cl)c1. The summed E-state index contributed by atoms with van der Waals surface area (Å²) in [6, 6.07) is 5.78. The van der Waals surface area contributed by atoms with Gasteiger partial charge in [-0.2, -0.15) is 0 Å². The van der Waals surface area contributed by atoms with Gasteiger partial charge in [0.25, 0.3) is 0 Å². The third-order valence-corrected chi connectivity index (χ3v) is 3.71. The van der Waals surface area contributed by atoms with E-state index in [1.807, 2.05) is 0 Å². The van der Waals surface area contributed by atoms with Crippen molar-refractivity contribution in [3.8, 4) is 12.3 Å². The second-order valence-corrected chi connectivity index (χ2v) is 5.54. The van der Waals surface area contributed by atoms with Crippen LogP contribution in [-0.2, 0) is 10.0 Å². The third-order valence-electron chi connectivity index (χ3n) is 1.89. The molecule has 1 aromatic rings. The fraction of sp³-hybridized carbons (Fsp3) is 0.273. The van der Waals surface area contributed by atoms with E-state index in [2.05, 4.69) is 10.6 Å². The number of terminal acetylenes is 1. The average molecular weight is 258 g/mol. The molecule has 0 fully saturated rings. The molecule has 0 bridgehead atoms. The lowest BCUT2D eigenvalue weighted by molar-refractivity contribution is 0.563. The monoisotopic (exact) mass is 257 g/mol. The Morgan fingerprint density at radius 3 is 2.81 bits per heavy atom. The van der Waals surface area contributed by atoms with Crippen LogP contribution in [0.2, 0.25) is 5.02 Å². The Labute approximate surface area is 101 Å². The molecule has 0 saturated heterocycles. The van der Waals surface area contributed by atoms with Crippen molar-refractivity contribution in [3.63, 3.8) is 0 Å². The molecule has 1 unspecified atom stereocenters. The fourth-order valence-corrected chi connectivity index (χ4v) is 2.73. The van der Waals surface area contributed by atoms with Gasteiger partial charge in [-0.1, -0.05) is 17.7 Å². The Kier molecular flexibility index (Phi) is 4.36. The van der Waals surface area contributed by atoms with Gasteiger partial charge in [-0.25, -0.2) is 13.1 Å². The van der Waals surface area contributed by atoms with Gasteiger partial charge in [-0.3, -0.25) is 0 Å². The first-order chi connectivity index (χ1) is 7.45. The van der Waals surface area contributed by atoms with E-state index in [4.69, 9.17) is 18.0 Å². The number of hydrogen-bond acceptors (Lipinski definition) is 2. The molecule has 0 amide bonds. The molecule has 16 heavy (non-hydrogen) atoms. The quantitative estimate of drug-likeness (QED) is 0.839. The summed E-state index contributed by atoms with van der Waals surface area (Å²) in [5.74, 6) is 2.40. The molecule has 1 N–H and O–H groups in total. The highest BCUT2D eigenvalue weighted by atomic mass is 35.5. The normalized spacial score (nSPS) is 13.1. The molecule has 0 aromatic heterocycles. The minimum atomic E-state index is -3.53. The second kappa shape index (κ2) is 5.35. The Morgan fingerprint density at radius 1 is 1.56 bits per heavy atom. The molecule has 1 rings (SSSR count). The van der Waals surface area contributed by atoms with E-state index >= 15 is 0 Å². The zero-order chi connectivity index (χ0) is 12.2. The summed E-state index contributed by atoms with van der Waals surface area (Å²) in [5, 5.41) is 0.382. The van der Waals surface area contributed by atoms with Crippen molar-refractivity contribution >= 4 is 21.6 Å². The van der Waals surface area contributed by atoms with Crippen LogP contribution in [0.1, 0.15) is 13.3 Å². The van der Waals surface area contributed by atoms with Crippen LogP contribution >= 0.6 is 11.6 Å². The van der Waals surface area contributed by atoms with Gasteiger partial charge in [0.1, 0.15) is 0 Å². The molecular weight excluding hydrogens is 246 g/mol.